The van der Waals surface area contributed by atoms with Crippen LogP contribution in [0.25, 0.3) is 16.6 Å². The first kappa shape index (κ1) is 25.5. The smallest absolute Gasteiger partial charge is 0.331 e. The Balaban J connectivity index is 1.27. The van der Waals surface area contributed by atoms with Crippen LogP contribution in [0.3, 0.4) is 0 Å². The molecule has 204 valence electrons. The summed E-state index contributed by atoms with van der Waals surface area (Å²) >= 11 is 0. The zero-order valence-corrected chi connectivity index (χ0v) is 22.2. The number of para-hydroxylation sites is 1. The lowest BCUT2D eigenvalue weighted by Gasteiger charge is -2.39. The Morgan fingerprint density at radius 3 is 2.50 bits per heavy atom. The average molecular weight is 539 g/mol. The number of amides is 3. The van der Waals surface area contributed by atoms with Gasteiger partial charge in [0.1, 0.15) is 11.8 Å². The maximum absolute atomic E-state index is 13.4. The topological polar surface area (TPSA) is 141 Å². The Labute approximate surface area is 230 Å². The standard InChI is InChI=1S/C29H30N8O3/c1-17(2)35-15-23(28(39)36(29(35)40)21-6-4-3-5-7-21)27(38)34-20-10-8-18(9-11-20)22-12-24(19-13-31-14-19)37-25(22)26(30)32-16-33-37/h3-12,15-17,19,28,31,39H,13-14H2,1-2H3,(H,34,38)(H2,30,32,33). The van der Waals surface area contributed by atoms with E-state index < -0.39 is 18.2 Å². The van der Waals surface area contributed by atoms with Crippen LogP contribution >= 0.6 is 0 Å². The fourth-order valence-electron chi connectivity index (χ4n) is 5.06. The number of rotatable bonds is 6. The molecule has 0 spiro atoms. The first-order chi connectivity index (χ1) is 19.3. The minimum Gasteiger partial charge on any atom is -0.382 e. The second-order valence-electron chi connectivity index (χ2n) is 10.2. The Morgan fingerprint density at radius 2 is 1.85 bits per heavy atom. The molecule has 1 saturated heterocycles. The number of hydrogen-bond acceptors (Lipinski definition) is 7. The Hall–Kier alpha value is -4.74. The lowest BCUT2D eigenvalue weighted by molar-refractivity contribution is -0.113. The SMILES string of the molecule is CC(C)N1C=C(C(=O)Nc2ccc(-c3cc(C4CNC4)n4ncnc(N)c34)cc2)C(O)N(c2ccccc2)C1=O. The second-order valence-corrected chi connectivity index (χ2v) is 10.2. The number of nitrogens with zero attached hydrogens (tertiary/aromatic N) is 5. The predicted molar refractivity (Wildman–Crippen MR) is 152 cm³/mol. The molecule has 4 aromatic rings. The first-order valence-electron chi connectivity index (χ1n) is 13.1. The molecule has 6 rings (SSSR count). The fourth-order valence-corrected chi connectivity index (χ4v) is 5.06. The highest BCUT2D eigenvalue weighted by molar-refractivity contribution is 6.08. The summed E-state index contributed by atoms with van der Waals surface area (Å²) in [4.78, 5) is 33.4. The Bertz CT molecular complexity index is 1610. The van der Waals surface area contributed by atoms with Gasteiger partial charge in [-0.05, 0) is 49.7 Å². The van der Waals surface area contributed by atoms with Crippen LogP contribution in [0.1, 0.15) is 25.5 Å². The van der Waals surface area contributed by atoms with E-state index in [1.807, 2.05) is 36.6 Å². The van der Waals surface area contributed by atoms with Crippen molar-refractivity contribution >= 4 is 34.6 Å². The van der Waals surface area contributed by atoms with E-state index in [9.17, 15) is 14.7 Å². The quantitative estimate of drug-likeness (QED) is 0.296. The van der Waals surface area contributed by atoms with Crippen molar-refractivity contribution in [3.8, 4) is 11.1 Å². The van der Waals surface area contributed by atoms with Crippen LogP contribution < -0.4 is 21.3 Å². The van der Waals surface area contributed by atoms with Gasteiger partial charge in [-0.1, -0.05) is 30.3 Å². The van der Waals surface area contributed by atoms with Crippen LogP contribution in [-0.4, -0.2) is 61.9 Å². The van der Waals surface area contributed by atoms with Gasteiger partial charge in [0.2, 0.25) is 0 Å². The highest BCUT2D eigenvalue weighted by Crippen LogP contribution is 2.35. The Kier molecular flexibility index (Phi) is 6.45. The summed E-state index contributed by atoms with van der Waals surface area (Å²) in [6.07, 6.45) is 1.44. The van der Waals surface area contributed by atoms with Crippen molar-refractivity contribution in [1.29, 1.82) is 0 Å². The van der Waals surface area contributed by atoms with E-state index in [2.05, 4.69) is 26.8 Å². The summed E-state index contributed by atoms with van der Waals surface area (Å²) in [6.45, 7) is 5.45. The van der Waals surface area contributed by atoms with Crippen molar-refractivity contribution in [1.82, 2.24) is 24.8 Å². The summed E-state index contributed by atoms with van der Waals surface area (Å²) in [7, 11) is 0. The third kappa shape index (κ3) is 4.34. The van der Waals surface area contributed by atoms with Crippen molar-refractivity contribution in [3.63, 3.8) is 0 Å². The first-order valence-corrected chi connectivity index (χ1v) is 13.1. The van der Waals surface area contributed by atoms with Crippen LogP contribution in [0.4, 0.5) is 22.0 Å². The number of aromatic nitrogens is 3. The molecule has 0 radical (unpaired) electrons. The molecule has 11 heteroatoms. The number of fused-ring (bicyclic) bond motifs is 1. The third-order valence-corrected chi connectivity index (χ3v) is 7.34. The van der Waals surface area contributed by atoms with E-state index in [1.54, 1.807) is 36.4 Å². The maximum atomic E-state index is 13.4. The number of carbonyl (C=O) groups excluding carboxylic acids is 2. The number of urea groups is 1. The summed E-state index contributed by atoms with van der Waals surface area (Å²) in [5.74, 6) is 0.231. The molecule has 2 aromatic heterocycles. The van der Waals surface area contributed by atoms with E-state index >= 15 is 0 Å². The monoisotopic (exact) mass is 538 g/mol. The second kappa shape index (κ2) is 10.1. The summed E-state index contributed by atoms with van der Waals surface area (Å²) < 4.78 is 1.86. The molecule has 0 bridgehead atoms. The van der Waals surface area contributed by atoms with Crippen LogP contribution in [0.5, 0.6) is 0 Å². The fraction of sp³-hybridized carbons (Fsp3) is 0.241. The molecule has 1 unspecified atom stereocenters. The number of anilines is 3. The highest BCUT2D eigenvalue weighted by Gasteiger charge is 2.38. The number of nitrogens with one attached hydrogen (secondary N) is 2. The van der Waals surface area contributed by atoms with Gasteiger partial charge in [-0.15, -0.1) is 0 Å². The Morgan fingerprint density at radius 1 is 1.12 bits per heavy atom. The number of benzene rings is 2. The van der Waals surface area contributed by atoms with Gasteiger partial charge in [0, 0.05) is 53.9 Å². The summed E-state index contributed by atoms with van der Waals surface area (Å²) in [5, 5.41) is 21.7. The molecule has 1 atom stereocenters. The molecule has 0 saturated carbocycles. The van der Waals surface area contributed by atoms with Crippen molar-refractivity contribution in [3.05, 3.63) is 84.5 Å². The van der Waals surface area contributed by atoms with Gasteiger partial charge in [0.05, 0.1) is 5.57 Å². The average Bonchev–Trinajstić information content (AvgIpc) is 3.29. The molecule has 40 heavy (non-hydrogen) atoms. The molecule has 3 amide bonds. The molecule has 0 aliphatic carbocycles. The van der Waals surface area contributed by atoms with Crippen LogP contribution in [0.15, 0.2) is 78.8 Å². The van der Waals surface area contributed by atoms with Crippen molar-refractivity contribution < 1.29 is 14.7 Å². The number of nitrogen functional groups attached to an aromatic ring is 1. The molecular formula is C29H30N8O3. The van der Waals surface area contributed by atoms with Gasteiger partial charge in [0.15, 0.2) is 12.0 Å². The molecule has 2 aliphatic rings. The van der Waals surface area contributed by atoms with Crippen LogP contribution in [0.2, 0.25) is 0 Å². The number of hydrogen-bond donors (Lipinski definition) is 4. The van der Waals surface area contributed by atoms with Crippen molar-refractivity contribution in [2.45, 2.75) is 32.0 Å². The minimum absolute atomic E-state index is 0.0586. The van der Waals surface area contributed by atoms with E-state index in [4.69, 9.17) is 5.73 Å². The maximum Gasteiger partial charge on any atom is 0.331 e. The van der Waals surface area contributed by atoms with Crippen molar-refractivity contribution in [2.75, 3.05) is 29.0 Å². The van der Waals surface area contributed by atoms with Gasteiger partial charge in [-0.25, -0.2) is 14.3 Å². The molecule has 1 fully saturated rings. The normalized spacial score (nSPS) is 17.8. The molecule has 11 nitrogen and oxygen atoms in total. The van der Waals surface area contributed by atoms with Crippen LogP contribution in [0, 0.1) is 0 Å². The van der Waals surface area contributed by atoms with Gasteiger partial charge < -0.3 is 21.5 Å². The zero-order chi connectivity index (χ0) is 28.0. The lowest BCUT2D eigenvalue weighted by atomic mass is 9.98. The van der Waals surface area contributed by atoms with Gasteiger partial charge in [0.25, 0.3) is 5.91 Å². The largest absolute Gasteiger partial charge is 0.382 e. The highest BCUT2D eigenvalue weighted by atomic mass is 16.3. The third-order valence-electron chi connectivity index (χ3n) is 7.34. The zero-order valence-electron chi connectivity index (χ0n) is 22.2. The van der Waals surface area contributed by atoms with Crippen LogP contribution in [-0.2, 0) is 4.79 Å². The molecule has 2 aromatic carbocycles. The molecular weight excluding hydrogens is 508 g/mol. The number of carbonyl (C=O) groups is 2. The predicted octanol–water partition coefficient (Wildman–Crippen LogP) is 3.16. The van der Waals surface area contributed by atoms with E-state index in [-0.39, 0.29) is 11.6 Å². The minimum atomic E-state index is -1.45. The molecule has 2 aliphatic heterocycles. The van der Waals surface area contributed by atoms with E-state index in [1.165, 1.54) is 22.3 Å². The number of aliphatic hydroxyl groups excluding tert-OH is 1. The van der Waals surface area contributed by atoms with Gasteiger partial charge >= 0.3 is 6.03 Å². The lowest BCUT2D eigenvalue weighted by Crippen LogP contribution is -2.55. The van der Waals surface area contributed by atoms with E-state index in [0.717, 1.165) is 35.4 Å². The summed E-state index contributed by atoms with van der Waals surface area (Å²) in [5.41, 5.74) is 11.0. The molecule has 5 N–H and O–H groups in total. The van der Waals surface area contributed by atoms with Gasteiger partial charge in [-0.2, -0.15) is 5.10 Å². The number of aliphatic hydroxyl groups is 1. The van der Waals surface area contributed by atoms with E-state index in [0.29, 0.717) is 23.1 Å². The van der Waals surface area contributed by atoms with Crippen molar-refractivity contribution in [2.24, 2.45) is 0 Å². The number of nitrogens with two attached hydrogens (primary N) is 1. The van der Waals surface area contributed by atoms with Gasteiger partial charge in [-0.3, -0.25) is 14.6 Å². The molecule has 4 heterocycles. The summed E-state index contributed by atoms with van der Waals surface area (Å²) in [6, 6.07) is 17.6.